The molecular weight excluding hydrogens is 645 g/mol. The Morgan fingerprint density at radius 2 is 1.12 bits per heavy atom. The Balaban J connectivity index is 0.938. The van der Waals surface area contributed by atoms with Crippen LogP contribution < -0.4 is 0 Å². The van der Waals surface area contributed by atoms with Gasteiger partial charge in [0.1, 0.15) is 0 Å². The first-order valence-corrected chi connectivity index (χ1v) is 19.4. The number of benzene rings is 4. The molecule has 0 amide bonds. The third-order valence-electron chi connectivity index (χ3n) is 12.1. The summed E-state index contributed by atoms with van der Waals surface area (Å²) in [7, 11) is 0. The minimum absolute atomic E-state index is 0.0823. The van der Waals surface area contributed by atoms with Gasteiger partial charge in [-0.1, -0.05) is 133 Å². The van der Waals surface area contributed by atoms with E-state index >= 15 is 0 Å². The number of fused-ring (bicyclic) bond motifs is 1. The van der Waals surface area contributed by atoms with Gasteiger partial charge in [0.25, 0.3) is 0 Å². The van der Waals surface area contributed by atoms with Crippen LogP contribution in [0, 0.1) is 11.3 Å². The van der Waals surface area contributed by atoms with Gasteiger partial charge in [0.05, 0.1) is 58.0 Å². The van der Waals surface area contributed by atoms with Gasteiger partial charge in [-0.25, -0.2) is 0 Å². The van der Waals surface area contributed by atoms with Crippen molar-refractivity contribution >= 4 is 0 Å². The summed E-state index contributed by atoms with van der Waals surface area (Å²) in [5.41, 5.74) is 4.66. The maximum atomic E-state index is 6.86. The number of rotatable bonds is 16. The van der Waals surface area contributed by atoms with Gasteiger partial charge >= 0.3 is 0 Å². The van der Waals surface area contributed by atoms with E-state index in [1.54, 1.807) is 0 Å². The van der Waals surface area contributed by atoms with E-state index in [1.807, 2.05) is 0 Å². The maximum absolute atomic E-state index is 6.86. The maximum Gasteiger partial charge on any atom is 0.0935 e. The molecule has 4 aromatic rings. The van der Waals surface area contributed by atoms with Crippen molar-refractivity contribution in [1.82, 2.24) is 9.80 Å². The first-order valence-electron chi connectivity index (χ1n) is 19.4. The number of ether oxygens (including phenoxy) is 4. The SMILES string of the molecule is C1=CCN([C@H]2C[C@H](OCc3ccccc3)[C@]3(COCc4ccccc4)C[C@H]23)CN([C@H]2CC[C@@](COCc3ccccc3)(OCc3ccccc3)C2)C1. The van der Waals surface area contributed by atoms with Crippen LogP contribution in [-0.4, -0.2) is 66.6 Å². The summed E-state index contributed by atoms with van der Waals surface area (Å²) in [6.45, 7) is 6.78. The molecule has 3 fully saturated rings. The molecule has 1 aliphatic heterocycles. The van der Waals surface area contributed by atoms with Crippen LogP contribution in [0.1, 0.15) is 54.4 Å². The van der Waals surface area contributed by atoms with Gasteiger partial charge in [0, 0.05) is 30.6 Å². The lowest BCUT2D eigenvalue weighted by Crippen LogP contribution is -2.47. The van der Waals surface area contributed by atoms with E-state index < -0.39 is 0 Å². The molecule has 6 nitrogen and oxygen atoms in total. The predicted octanol–water partition coefficient (Wildman–Crippen LogP) is 8.42. The molecule has 0 N–H and O–H groups in total. The van der Waals surface area contributed by atoms with E-state index in [2.05, 4.69) is 143 Å². The summed E-state index contributed by atoms with van der Waals surface area (Å²) in [5.74, 6) is 0.584. The summed E-state index contributed by atoms with van der Waals surface area (Å²) in [6.07, 6.45) is 10.3. The van der Waals surface area contributed by atoms with Gasteiger partial charge in [-0.2, -0.15) is 0 Å². The molecule has 4 aliphatic rings. The van der Waals surface area contributed by atoms with Crippen molar-refractivity contribution in [2.45, 2.75) is 82.3 Å². The molecule has 8 rings (SSSR count). The Morgan fingerprint density at radius 1 is 0.577 bits per heavy atom. The lowest BCUT2D eigenvalue weighted by molar-refractivity contribution is -0.109. The quantitative estimate of drug-likeness (QED) is 0.110. The molecule has 0 radical (unpaired) electrons. The monoisotopic (exact) mass is 698 g/mol. The Hall–Kier alpha value is -3.62. The Kier molecular flexibility index (Phi) is 11.3. The van der Waals surface area contributed by atoms with Crippen molar-refractivity contribution in [1.29, 1.82) is 0 Å². The fourth-order valence-electron chi connectivity index (χ4n) is 9.15. The standard InChI is InChI=1S/C46H54N2O4/c1-5-15-37(16-6-1)30-49-34-45(52-33-40-21-11-4-12-22-40)24-23-41(28-45)47-25-13-14-26-48(36-47)43-27-44(51-32-39-19-9-3-10-20-39)46(29-42(43)46)35-50-31-38-17-7-2-8-18-38/h1-22,41-44H,23-36H2/t41-,42+,43-,44-,45+,46-/m0/s1. The fourth-order valence-corrected chi connectivity index (χ4v) is 9.15. The van der Waals surface area contributed by atoms with E-state index in [1.165, 1.54) is 28.7 Å². The molecule has 52 heavy (non-hydrogen) atoms. The highest BCUT2D eigenvalue weighted by Crippen LogP contribution is 2.66. The zero-order valence-corrected chi connectivity index (χ0v) is 30.4. The lowest BCUT2D eigenvalue weighted by atomic mass is 10.0. The Labute approximate surface area is 310 Å². The molecule has 0 spiro atoms. The van der Waals surface area contributed by atoms with Crippen molar-refractivity contribution in [2.24, 2.45) is 11.3 Å². The van der Waals surface area contributed by atoms with E-state index in [0.29, 0.717) is 51.0 Å². The van der Waals surface area contributed by atoms with Gasteiger partial charge in [-0.05, 0) is 60.3 Å². The minimum Gasteiger partial charge on any atom is -0.376 e. The summed E-state index contributed by atoms with van der Waals surface area (Å²) < 4.78 is 26.6. The van der Waals surface area contributed by atoms with Gasteiger partial charge in [0.2, 0.25) is 0 Å². The van der Waals surface area contributed by atoms with Crippen LogP contribution in [0.15, 0.2) is 133 Å². The van der Waals surface area contributed by atoms with Crippen LogP contribution in [0.25, 0.3) is 0 Å². The minimum atomic E-state index is -0.304. The van der Waals surface area contributed by atoms with Gasteiger partial charge in [-0.15, -0.1) is 0 Å². The van der Waals surface area contributed by atoms with Gasteiger partial charge < -0.3 is 18.9 Å². The number of hydrogen-bond donors (Lipinski definition) is 0. The zero-order valence-electron chi connectivity index (χ0n) is 30.4. The van der Waals surface area contributed by atoms with Gasteiger partial charge in [0.15, 0.2) is 0 Å². The van der Waals surface area contributed by atoms with Crippen LogP contribution in [0.3, 0.4) is 0 Å². The fraction of sp³-hybridized carbons (Fsp3) is 0.435. The smallest absolute Gasteiger partial charge is 0.0935 e. The van der Waals surface area contributed by atoms with Crippen molar-refractivity contribution < 1.29 is 18.9 Å². The molecule has 6 atom stereocenters. The topological polar surface area (TPSA) is 43.4 Å². The van der Waals surface area contributed by atoms with Crippen LogP contribution >= 0.6 is 0 Å². The highest BCUT2D eigenvalue weighted by Gasteiger charge is 2.68. The second-order valence-electron chi connectivity index (χ2n) is 15.6. The number of hydrogen-bond acceptors (Lipinski definition) is 6. The Morgan fingerprint density at radius 3 is 1.73 bits per heavy atom. The molecule has 0 unspecified atom stereocenters. The number of nitrogens with zero attached hydrogens (tertiary/aromatic N) is 2. The summed E-state index contributed by atoms with van der Waals surface area (Å²) in [6, 6.07) is 43.2. The van der Waals surface area contributed by atoms with E-state index in [9.17, 15) is 0 Å². The highest BCUT2D eigenvalue weighted by atomic mass is 16.5. The molecule has 1 heterocycles. The largest absolute Gasteiger partial charge is 0.376 e. The second kappa shape index (κ2) is 16.6. The summed E-state index contributed by atoms with van der Waals surface area (Å²) >= 11 is 0. The van der Waals surface area contributed by atoms with Crippen LogP contribution in [0.4, 0.5) is 0 Å². The molecule has 6 heteroatoms. The van der Waals surface area contributed by atoms with Crippen LogP contribution in [0.5, 0.6) is 0 Å². The molecule has 272 valence electrons. The van der Waals surface area contributed by atoms with Crippen LogP contribution in [0.2, 0.25) is 0 Å². The first-order chi connectivity index (χ1) is 25.7. The molecular formula is C46H54N2O4. The molecule has 3 saturated carbocycles. The zero-order chi connectivity index (χ0) is 35.1. The van der Waals surface area contributed by atoms with Crippen molar-refractivity contribution in [3.8, 4) is 0 Å². The van der Waals surface area contributed by atoms with Gasteiger partial charge in [-0.3, -0.25) is 9.80 Å². The van der Waals surface area contributed by atoms with E-state index in [4.69, 9.17) is 18.9 Å². The van der Waals surface area contributed by atoms with E-state index in [-0.39, 0.29) is 17.1 Å². The van der Waals surface area contributed by atoms with Crippen molar-refractivity contribution in [2.75, 3.05) is 33.0 Å². The lowest BCUT2D eigenvalue weighted by Gasteiger charge is -2.37. The third kappa shape index (κ3) is 8.44. The molecule has 0 aromatic heterocycles. The second-order valence-corrected chi connectivity index (χ2v) is 15.6. The highest BCUT2D eigenvalue weighted by molar-refractivity contribution is 5.21. The molecule has 3 aliphatic carbocycles. The predicted molar refractivity (Wildman–Crippen MR) is 205 cm³/mol. The normalized spacial score (nSPS) is 28.8. The summed E-state index contributed by atoms with van der Waals surface area (Å²) in [5, 5.41) is 0. The Bertz CT molecular complexity index is 1710. The summed E-state index contributed by atoms with van der Waals surface area (Å²) in [4.78, 5) is 5.46. The first kappa shape index (κ1) is 35.4. The molecule has 0 saturated heterocycles. The molecule has 4 aromatic carbocycles. The third-order valence-corrected chi connectivity index (χ3v) is 12.1. The average Bonchev–Trinajstić information content (AvgIpc) is 3.75. The average molecular weight is 699 g/mol. The molecule has 0 bridgehead atoms. The van der Waals surface area contributed by atoms with Crippen molar-refractivity contribution in [3.05, 3.63) is 156 Å². The van der Waals surface area contributed by atoms with Crippen LogP contribution in [-0.2, 0) is 45.4 Å². The van der Waals surface area contributed by atoms with Crippen molar-refractivity contribution in [3.63, 3.8) is 0 Å². The van der Waals surface area contributed by atoms with E-state index in [0.717, 1.165) is 52.0 Å².